The number of hydrogen-bond acceptors (Lipinski definition) is 5. The normalized spacial score (nSPS) is 20.3. The van der Waals surface area contributed by atoms with Gasteiger partial charge in [0.25, 0.3) is 0 Å². The number of methoxy groups -OCH3 is 1. The quantitative estimate of drug-likeness (QED) is 0.499. The van der Waals surface area contributed by atoms with Gasteiger partial charge in [0.1, 0.15) is 12.4 Å². The van der Waals surface area contributed by atoms with Crippen molar-refractivity contribution in [1.29, 1.82) is 0 Å². The van der Waals surface area contributed by atoms with E-state index in [1.165, 1.54) is 12.8 Å². The van der Waals surface area contributed by atoms with E-state index in [1.807, 2.05) is 4.68 Å². The van der Waals surface area contributed by atoms with Crippen LogP contribution in [0, 0.1) is 0 Å². The molecule has 146 valence electrons. The fourth-order valence-electron chi connectivity index (χ4n) is 3.51. The van der Waals surface area contributed by atoms with E-state index in [9.17, 15) is 0 Å². The van der Waals surface area contributed by atoms with Crippen LogP contribution in [-0.4, -0.2) is 71.0 Å². The lowest BCUT2D eigenvalue weighted by molar-refractivity contribution is 0.177. The van der Waals surface area contributed by atoms with Crippen LogP contribution in [0.15, 0.2) is 4.99 Å². The third-order valence-electron chi connectivity index (χ3n) is 4.99. The Hall–Kier alpha value is -1.67. The molecule has 0 bridgehead atoms. The van der Waals surface area contributed by atoms with Gasteiger partial charge in [-0.1, -0.05) is 6.92 Å². The number of hydrogen-bond donors (Lipinski definition) is 2. The van der Waals surface area contributed by atoms with E-state index in [1.54, 1.807) is 7.11 Å². The highest BCUT2D eigenvalue weighted by atomic mass is 16.5. The number of ether oxygens (including phenoxy) is 1. The van der Waals surface area contributed by atoms with E-state index in [2.05, 4.69) is 39.5 Å². The summed E-state index contributed by atoms with van der Waals surface area (Å²) in [7, 11) is 1.67. The predicted octanol–water partition coefficient (Wildman–Crippen LogP) is 0.779. The summed E-state index contributed by atoms with van der Waals surface area (Å²) < 4.78 is 7.14. The molecule has 3 rings (SSSR count). The summed E-state index contributed by atoms with van der Waals surface area (Å²) in [5, 5.41) is 11.5. The molecular formula is C18H33N7O. The number of aliphatic imine (C=N–C) groups is 1. The zero-order valence-electron chi connectivity index (χ0n) is 16.4. The molecule has 0 radical (unpaired) electrons. The second-order valence-corrected chi connectivity index (χ2v) is 7.06. The van der Waals surface area contributed by atoms with Crippen molar-refractivity contribution in [3.05, 3.63) is 11.6 Å². The molecule has 26 heavy (non-hydrogen) atoms. The van der Waals surface area contributed by atoms with Crippen molar-refractivity contribution in [2.75, 3.05) is 33.3 Å². The Kier molecular flexibility index (Phi) is 6.85. The Morgan fingerprint density at radius 3 is 2.88 bits per heavy atom. The maximum absolute atomic E-state index is 5.14. The van der Waals surface area contributed by atoms with Gasteiger partial charge >= 0.3 is 0 Å². The molecule has 1 unspecified atom stereocenters. The monoisotopic (exact) mass is 363 g/mol. The molecule has 1 aliphatic carbocycles. The van der Waals surface area contributed by atoms with Gasteiger partial charge in [-0.25, -0.2) is 9.67 Å². The molecular weight excluding hydrogens is 330 g/mol. The topological polar surface area (TPSA) is 79.6 Å². The Bertz CT molecular complexity index is 596. The number of nitrogens with zero attached hydrogens (tertiary/aromatic N) is 5. The van der Waals surface area contributed by atoms with Gasteiger partial charge in [-0.3, -0.25) is 9.89 Å². The lowest BCUT2D eigenvalue weighted by Gasteiger charge is -2.25. The van der Waals surface area contributed by atoms with Crippen molar-refractivity contribution in [3.63, 3.8) is 0 Å². The van der Waals surface area contributed by atoms with Crippen molar-refractivity contribution in [1.82, 2.24) is 30.3 Å². The summed E-state index contributed by atoms with van der Waals surface area (Å²) in [5.41, 5.74) is 0. The first-order valence-corrected chi connectivity index (χ1v) is 9.93. The van der Waals surface area contributed by atoms with Gasteiger partial charge in [-0.15, -0.1) is 0 Å². The first-order valence-electron chi connectivity index (χ1n) is 9.93. The van der Waals surface area contributed by atoms with Crippen molar-refractivity contribution in [3.8, 4) is 0 Å². The summed E-state index contributed by atoms with van der Waals surface area (Å²) >= 11 is 0. The average molecular weight is 364 g/mol. The van der Waals surface area contributed by atoms with Crippen LogP contribution in [0.5, 0.6) is 0 Å². The molecule has 8 nitrogen and oxygen atoms in total. The largest absolute Gasteiger partial charge is 0.377 e. The van der Waals surface area contributed by atoms with Crippen LogP contribution in [-0.2, 0) is 24.3 Å². The van der Waals surface area contributed by atoms with Crippen LogP contribution in [0.25, 0.3) is 0 Å². The highest BCUT2D eigenvalue weighted by Crippen LogP contribution is 2.25. The lowest BCUT2D eigenvalue weighted by atomic mass is 10.1. The van der Waals surface area contributed by atoms with E-state index < -0.39 is 0 Å². The average Bonchev–Trinajstić information content (AvgIpc) is 3.39. The van der Waals surface area contributed by atoms with E-state index in [4.69, 9.17) is 9.73 Å². The van der Waals surface area contributed by atoms with Crippen molar-refractivity contribution in [2.45, 2.75) is 64.8 Å². The highest BCUT2D eigenvalue weighted by molar-refractivity contribution is 5.80. The Morgan fingerprint density at radius 2 is 2.19 bits per heavy atom. The van der Waals surface area contributed by atoms with Crippen LogP contribution in [0.3, 0.4) is 0 Å². The fraction of sp³-hybridized carbons (Fsp3) is 0.833. The van der Waals surface area contributed by atoms with Crippen molar-refractivity contribution in [2.24, 2.45) is 4.99 Å². The van der Waals surface area contributed by atoms with Crippen LogP contribution >= 0.6 is 0 Å². The van der Waals surface area contributed by atoms with Gasteiger partial charge in [0.15, 0.2) is 11.8 Å². The van der Waals surface area contributed by atoms with Gasteiger partial charge in [-0.2, -0.15) is 5.10 Å². The maximum Gasteiger partial charge on any atom is 0.191 e. The number of aromatic nitrogens is 3. The standard InChI is InChI=1S/C18H33N7O/c1-4-19-18(20-10-11-24(5-2)15-7-8-15)21-14-6-9-17-22-16(13-26-3)23-25(17)12-14/h14-15H,4-13H2,1-3H3,(H2,19,20,21). The lowest BCUT2D eigenvalue weighted by Crippen LogP contribution is -2.47. The van der Waals surface area contributed by atoms with Gasteiger partial charge in [0, 0.05) is 38.7 Å². The van der Waals surface area contributed by atoms with Gasteiger partial charge in [0.05, 0.1) is 13.1 Å². The zero-order valence-corrected chi connectivity index (χ0v) is 16.4. The Labute approximate surface area is 156 Å². The van der Waals surface area contributed by atoms with Gasteiger partial charge < -0.3 is 15.4 Å². The van der Waals surface area contributed by atoms with Crippen molar-refractivity contribution >= 4 is 5.96 Å². The molecule has 8 heteroatoms. The molecule has 0 spiro atoms. The SMILES string of the molecule is CCNC(=NCCN(CC)C1CC1)NC1CCc2nc(COC)nn2C1. The van der Waals surface area contributed by atoms with E-state index in [0.717, 1.165) is 69.2 Å². The summed E-state index contributed by atoms with van der Waals surface area (Å²) in [6.07, 6.45) is 4.67. The maximum atomic E-state index is 5.14. The highest BCUT2D eigenvalue weighted by Gasteiger charge is 2.27. The number of likely N-dealkylation sites (N-methyl/N-ethyl adjacent to an activating group) is 1. The van der Waals surface area contributed by atoms with E-state index in [-0.39, 0.29) is 0 Å². The molecule has 2 N–H and O–H groups in total. The molecule has 2 aliphatic rings. The number of aryl methyl sites for hydroxylation is 1. The third kappa shape index (κ3) is 5.17. The second-order valence-electron chi connectivity index (χ2n) is 7.06. The van der Waals surface area contributed by atoms with Gasteiger partial charge in [-0.05, 0) is 32.7 Å². The minimum atomic E-state index is 0.322. The van der Waals surface area contributed by atoms with Crippen LogP contribution in [0.4, 0.5) is 0 Å². The molecule has 0 amide bonds. The molecule has 0 saturated heterocycles. The number of guanidine groups is 1. The number of fused-ring (bicyclic) bond motifs is 1. The van der Waals surface area contributed by atoms with Gasteiger partial charge in [0.2, 0.25) is 0 Å². The molecule has 2 heterocycles. The minimum absolute atomic E-state index is 0.322. The van der Waals surface area contributed by atoms with Crippen LogP contribution < -0.4 is 10.6 Å². The molecule has 0 aromatic carbocycles. The van der Waals surface area contributed by atoms with Crippen LogP contribution in [0.1, 0.15) is 44.8 Å². The fourth-order valence-corrected chi connectivity index (χ4v) is 3.51. The molecule has 1 aliphatic heterocycles. The summed E-state index contributed by atoms with van der Waals surface area (Å²) in [5.74, 6) is 2.73. The molecule has 1 saturated carbocycles. The molecule has 1 fully saturated rings. The molecule has 1 aromatic rings. The Balaban J connectivity index is 1.52. The van der Waals surface area contributed by atoms with Crippen molar-refractivity contribution < 1.29 is 4.74 Å². The summed E-state index contributed by atoms with van der Waals surface area (Å²) in [4.78, 5) is 11.9. The number of rotatable bonds is 9. The Morgan fingerprint density at radius 1 is 1.35 bits per heavy atom. The molecule has 1 aromatic heterocycles. The first kappa shape index (κ1) is 19.1. The predicted molar refractivity (Wildman–Crippen MR) is 102 cm³/mol. The van der Waals surface area contributed by atoms with E-state index >= 15 is 0 Å². The number of nitrogens with one attached hydrogen (secondary N) is 2. The summed E-state index contributed by atoms with van der Waals surface area (Å²) in [6, 6.07) is 1.12. The minimum Gasteiger partial charge on any atom is -0.377 e. The smallest absolute Gasteiger partial charge is 0.191 e. The zero-order chi connectivity index (χ0) is 18.4. The molecule has 1 atom stereocenters. The van der Waals surface area contributed by atoms with E-state index in [0.29, 0.717) is 12.6 Å². The van der Waals surface area contributed by atoms with Crippen LogP contribution in [0.2, 0.25) is 0 Å². The summed E-state index contributed by atoms with van der Waals surface area (Å²) in [6.45, 7) is 9.48. The first-order chi connectivity index (χ1) is 12.7. The second kappa shape index (κ2) is 9.32. The third-order valence-corrected chi connectivity index (χ3v) is 4.99.